The summed E-state index contributed by atoms with van der Waals surface area (Å²) in [6, 6.07) is 0. The molecule has 104 valence electrons. The normalized spacial score (nSPS) is 10.9. The maximum Gasteiger partial charge on any atom is 0.187 e. The third kappa shape index (κ3) is 4.70. The monoisotopic (exact) mass is 294 g/mol. The molecule has 1 rings (SSSR count). The van der Waals surface area contributed by atoms with Gasteiger partial charge in [0.2, 0.25) is 0 Å². The molecule has 0 aromatic carbocycles. The molecule has 1 heterocycles. The maximum absolute atomic E-state index is 9.13. The van der Waals surface area contributed by atoms with E-state index >= 15 is 0 Å². The third-order valence-electron chi connectivity index (χ3n) is 2.39. The Morgan fingerprint density at radius 1 is 1.28 bits per heavy atom. The average molecular weight is 295 g/mol. The highest BCUT2D eigenvalue weighted by atomic mass is 35.5. The molecule has 0 amide bonds. The predicted molar refractivity (Wildman–Crippen MR) is 73.6 cm³/mol. The molecule has 0 radical (unpaired) electrons. The minimum Gasteiger partial charge on any atom is -0.391 e. The van der Waals surface area contributed by atoms with Crippen LogP contribution in [0.1, 0.15) is 11.3 Å². The van der Waals surface area contributed by atoms with Crippen molar-refractivity contribution in [1.29, 1.82) is 0 Å². The van der Waals surface area contributed by atoms with Crippen molar-refractivity contribution >= 4 is 28.1 Å². The molecule has 18 heavy (non-hydrogen) atoms. The zero-order chi connectivity index (χ0) is 13.4. The maximum atomic E-state index is 9.13. The van der Waals surface area contributed by atoms with Gasteiger partial charge < -0.3 is 19.5 Å². The largest absolute Gasteiger partial charge is 0.391 e. The van der Waals surface area contributed by atoms with Crippen molar-refractivity contribution in [2.75, 3.05) is 45.4 Å². The first-order chi connectivity index (χ1) is 8.72. The molecule has 0 fully saturated rings. The molecule has 0 bridgehead atoms. The summed E-state index contributed by atoms with van der Waals surface area (Å²) in [5.41, 5.74) is 0. The smallest absolute Gasteiger partial charge is 0.187 e. The number of rotatable bonds is 9. The third-order valence-corrected chi connectivity index (χ3v) is 3.92. The number of halogens is 1. The molecule has 0 atom stereocenters. The van der Waals surface area contributed by atoms with Gasteiger partial charge in [0.25, 0.3) is 0 Å². The van der Waals surface area contributed by atoms with E-state index in [-0.39, 0.29) is 6.61 Å². The predicted octanol–water partition coefficient (Wildman–Crippen LogP) is 1.78. The van der Waals surface area contributed by atoms with Gasteiger partial charge in [0, 0.05) is 33.9 Å². The van der Waals surface area contributed by atoms with Gasteiger partial charge in [0.1, 0.15) is 5.15 Å². The molecule has 0 saturated carbocycles. The van der Waals surface area contributed by atoms with Crippen LogP contribution in [0.3, 0.4) is 0 Å². The van der Waals surface area contributed by atoms with Crippen molar-refractivity contribution < 1.29 is 14.6 Å². The van der Waals surface area contributed by atoms with Crippen LogP contribution in [-0.4, -0.2) is 50.6 Å². The Morgan fingerprint density at radius 3 is 2.56 bits per heavy atom. The fraction of sp³-hybridized carbons (Fsp3) is 0.727. The molecular weight excluding hydrogens is 276 g/mol. The molecule has 1 N–H and O–H groups in total. The number of hydrogen-bond acceptors (Lipinski definition) is 6. The highest BCUT2D eigenvalue weighted by Crippen LogP contribution is 2.29. The molecular formula is C11H19ClN2O3S. The van der Waals surface area contributed by atoms with Crippen LogP contribution in [-0.2, 0) is 16.1 Å². The number of aromatic nitrogens is 1. The minimum atomic E-state index is -0.0767. The Bertz CT molecular complexity index is 349. The second-order valence-corrected chi connectivity index (χ2v) is 5.11. The number of ether oxygens (including phenoxy) is 2. The van der Waals surface area contributed by atoms with Crippen LogP contribution in [0.15, 0.2) is 0 Å². The van der Waals surface area contributed by atoms with E-state index in [9.17, 15) is 0 Å². The van der Waals surface area contributed by atoms with E-state index in [1.807, 2.05) is 0 Å². The topological polar surface area (TPSA) is 54.8 Å². The lowest BCUT2D eigenvalue weighted by atomic mass is 10.4. The van der Waals surface area contributed by atoms with Crippen LogP contribution >= 0.6 is 22.9 Å². The van der Waals surface area contributed by atoms with Crippen molar-refractivity contribution in [1.82, 2.24) is 4.98 Å². The number of hydrogen-bond donors (Lipinski definition) is 1. The quantitative estimate of drug-likeness (QED) is 0.704. The van der Waals surface area contributed by atoms with Crippen molar-refractivity contribution in [2.24, 2.45) is 0 Å². The molecule has 0 aliphatic heterocycles. The van der Waals surface area contributed by atoms with Crippen LogP contribution in [0, 0.1) is 0 Å². The summed E-state index contributed by atoms with van der Waals surface area (Å²) < 4.78 is 10.1. The second-order valence-electron chi connectivity index (χ2n) is 3.69. The zero-order valence-corrected chi connectivity index (χ0v) is 12.3. The van der Waals surface area contributed by atoms with Gasteiger partial charge in [0.05, 0.1) is 18.1 Å². The van der Waals surface area contributed by atoms with Gasteiger partial charge in [-0.05, 0) is 6.42 Å². The molecule has 1 aromatic rings. The zero-order valence-electron chi connectivity index (χ0n) is 10.7. The van der Waals surface area contributed by atoms with Gasteiger partial charge in [-0.3, -0.25) is 0 Å². The average Bonchev–Trinajstić information content (AvgIpc) is 2.75. The molecule has 0 saturated heterocycles. The summed E-state index contributed by atoms with van der Waals surface area (Å²) in [5, 5.41) is 10.3. The Hall–Kier alpha value is -0.400. The number of nitrogens with zero attached hydrogens (tertiary/aromatic N) is 2. The number of aliphatic hydroxyl groups is 1. The summed E-state index contributed by atoms with van der Waals surface area (Å²) in [5.74, 6) is 0. The van der Waals surface area contributed by atoms with Crippen LogP contribution < -0.4 is 4.90 Å². The van der Waals surface area contributed by atoms with E-state index in [4.69, 9.17) is 26.2 Å². The first-order valence-electron chi connectivity index (χ1n) is 5.71. The van der Waals surface area contributed by atoms with Gasteiger partial charge in [-0.15, -0.1) is 0 Å². The van der Waals surface area contributed by atoms with Crippen molar-refractivity contribution in [3.05, 3.63) is 10.0 Å². The molecule has 0 spiro atoms. The van der Waals surface area contributed by atoms with E-state index in [0.717, 1.165) is 24.6 Å². The van der Waals surface area contributed by atoms with Gasteiger partial charge in [0.15, 0.2) is 5.13 Å². The SMILES string of the molecule is COCCCN(CCOC)c1nc(Cl)c(CO)s1. The fourth-order valence-electron chi connectivity index (χ4n) is 1.46. The lowest BCUT2D eigenvalue weighted by Gasteiger charge is -2.21. The van der Waals surface area contributed by atoms with Crippen LogP contribution in [0.5, 0.6) is 0 Å². The van der Waals surface area contributed by atoms with Gasteiger partial charge in [-0.1, -0.05) is 22.9 Å². The summed E-state index contributed by atoms with van der Waals surface area (Å²) in [6.07, 6.45) is 0.909. The van der Waals surface area contributed by atoms with Crippen LogP contribution in [0.2, 0.25) is 5.15 Å². The lowest BCUT2D eigenvalue weighted by Crippen LogP contribution is -2.28. The number of methoxy groups -OCH3 is 2. The van der Waals surface area contributed by atoms with E-state index in [0.29, 0.717) is 23.2 Å². The van der Waals surface area contributed by atoms with E-state index in [1.54, 1.807) is 14.2 Å². The Morgan fingerprint density at radius 2 is 2.00 bits per heavy atom. The van der Waals surface area contributed by atoms with Crippen LogP contribution in [0.25, 0.3) is 0 Å². The minimum absolute atomic E-state index is 0.0767. The standard InChI is InChI=1S/C11H19ClN2O3S/c1-16-6-3-4-14(5-7-17-2)11-13-10(12)9(8-15)18-11/h15H,3-8H2,1-2H3. The molecule has 1 aromatic heterocycles. The van der Waals surface area contributed by atoms with E-state index < -0.39 is 0 Å². The molecule has 0 unspecified atom stereocenters. The van der Waals surface area contributed by atoms with Crippen LogP contribution in [0.4, 0.5) is 5.13 Å². The summed E-state index contributed by atoms with van der Waals surface area (Å²) >= 11 is 7.35. The highest BCUT2D eigenvalue weighted by Gasteiger charge is 2.14. The van der Waals surface area contributed by atoms with Crippen molar-refractivity contribution in [3.63, 3.8) is 0 Å². The van der Waals surface area contributed by atoms with Crippen molar-refractivity contribution in [2.45, 2.75) is 13.0 Å². The van der Waals surface area contributed by atoms with E-state index in [1.165, 1.54) is 11.3 Å². The number of aliphatic hydroxyl groups excluding tert-OH is 1. The second kappa shape index (κ2) is 8.66. The van der Waals surface area contributed by atoms with E-state index in [2.05, 4.69) is 9.88 Å². The van der Waals surface area contributed by atoms with Gasteiger partial charge >= 0.3 is 0 Å². The Labute approximate surface area is 116 Å². The number of anilines is 1. The summed E-state index contributed by atoms with van der Waals surface area (Å²) in [7, 11) is 3.35. The molecule has 0 aliphatic carbocycles. The number of thiazole rings is 1. The van der Waals surface area contributed by atoms with Crippen molar-refractivity contribution in [3.8, 4) is 0 Å². The fourth-order valence-corrected chi connectivity index (χ4v) is 2.63. The van der Waals surface area contributed by atoms with Gasteiger partial charge in [-0.2, -0.15) is 0 Å². The Kier molecular flexibility index (Phi) is 7.53. The summed E-state index contributed by atoms with van der Waals surface area (Å²) in [6.45, 7) is 2.82. The molecule has 7 heteroatoms. The van der Waals surface area contributed by atoms with Gasteiger partial charge in [-0.25, -0.2) is 4.98 Å². The highest BCUT2D eigenvalue weighted by molar-refractivity contribution is 7.16. The first kappa shape index (κ1) is 15.7. The first-order valence-corrected chi connectivity index (χ1v) is 6.91. The molecule has 5 nitrogen and oxygen atoms in total. The lowest BCUT2D eigenvalue weighted by molar-refractivity contribution is 0.191. The molecule has 0 aliphatic rings. The Balaban J connectivity index is 2.66. The summed E-state index contributed by atoms with van der Waals surface area (Å²) in [4.78, 5) is 7.06.